The topological polar surface area (TPSA) is 83.9 Å². The highest BCUT2D eigenvalue weighted by atomic mass is 35.5. The number of benzene rings is 1. The van der Waals surface area contributed by atoms with Crippen molar-refractivity contribution < 1.29 is 9.21 Å². The summed E-state index contributed by atoms with van der Waals surface area (Å²) in [6, 6.07) is 9.48. The van der Waals surface area contributed by atoms with Crippen LogP contribution in [-0.4, -0.2) is 15.7 Å². The van der Waals surface area contributed by atoms with E-state index >= 15 is 0 Å². The summed E-state index contributed by atoms with van der Waals surface area (Å²) in [5, 5.41) is 17.4. The van der Waals surface area contributed by atoms with Crippen molar-refractivity contribution in [2.24, 2.45) is 0 Å². The Morgan fingerprint density at radius 3 is 2.85 bits per heavy atom. The highest BCUT2D eigenvalue weighted by Crippen LogP contribution is 2.24. The molecule has 0 aliphatic heterocycles. The second kappa shape index (κ2) is 8.28. The molecule has 6 nitrogen and oxygen atoms in total. The second-order valence-electron chi connectivity index (χ2n) is 6.47. The average Bonchev–Trinajstić information content (AvgIpc) is 3.15. The maximum atomic E-state index is 12.7. The highest BCUT2D eigenvalue weighted by molar-refractivity contribution is 6.31. The third kappa shape index (κ3) is 4.32. The van der Waals surface area contributed by atoms with Gasteiger partial charge in [-0.15, -0.1) is 0 Å². The maximum Gasteiger partial charge on any atom is 0.272 e. The average molecular weight is 385 g/mol. The number of fused-ring (bicyclic) bond motifs is 1. The van der Waals surface area contributed by atoms with Crippen molar-refractivity contribution >= 4 is 28.4 Å². The first kappa shape index (κ1) is 19.0. The summed E-state index contributed by atoms with van der Waals surface area (Å²) in [4.78, 5) is 12.7. The third-order valence-electron chi connectivity index (χ3n) is 4.42. The van der Waals surface area contributed by atoms with Gasteiger partial charge in [0.1, 0.15) is 11.5 Å². The Hall–Kier alpha value is -2.78. The van der Waals surface area contributed by atoms with E-state index in [0.717, 1.165) is 40.8 Å². The molecule has 0 fully saturated rings. The van der Waals surface area contributed by atoms with Crippen LogP contribution in [-0.2, 0) is 13.1 Å². The van der Waals surface area contributed by atoms with E-state index in [1.807, 2.05) is 30.7 Å². The molecule has 0 saturated heterocycles. The Bertz CT molecular complexity index is 1010. The number of halogens is 1. The highest BCUT2D eigenvalue weighted by Gasteiger charge is 2.18. The van der Waals surface area contributed by atoms with Gasteiger partial charge >= 0.3 is 0 Å². The van der Waals surface area contributed by atoms with Crippen LogP contribution in [0.2, 0.25) is 5.02 Å². The van der Waals surface area contributed by atoms with Crippen molar-refractivity contribution in [3.05, 3.63) is 52.1 Å². The quantitative estimate of drug-likeness (QED) is 0.607. The molecule has 0 aliphatic carbocycles. The van der Waals surface area contributed by atoms with E-state index in [9.17, 15) is 4.79 Å². The van der Waals surface area contributed by atoms with Crippen LogP contribution in [0.1, 0.15) is 46.8 Å². The van der Waals surface area contributed by atoms with Crippen LogP contribution in [0, 0.1) is 25.2 Å². The first-order valence-electron chi connectivity index (χ1n) is 8.86. The van der Waals surface area contributed by atoms with Crippen LogP contribution in [0.4, 0.5) is 0 Å². The summed E-state index contributed by atoms with van der Waals surface area (Å²) in [6.07, 6.45) is 2.13. The molecule has 0 spiro atoms. The van der Waals surface area contributed by atoms with E-state index in [1.54, 1.807) is 12.1 Å². The molecule has 3 rings (SSSR count). The first-order valence-corrected chi connectivity index (χ1v) is 9.24. The smallest absolute Gasteiger partial charge is 0.272 e. The number of hydrogen-bond donors (Lipinski definition) is 1. The fourth-order valence-electron chi connectivity index (χ4n) is 3.07. The molecule has 0 saturated carbocycles. The lowest BCUT2D eigenvalue weighted by molar-refractivity contribution is 0.0946. The summed E-state index contributed by atoms with van der Waals surface area (Å²) in [7, 11) is 0. The molecule has 7 heteroatoms. The fourth-order valence-corrected chi connectivity index (χ4v) is 3.25. The molecule has 0 unspecified atom stereocenters. The zero-order chi connectivity index (χ0) is 19.4. The summed E-state index contributed by atoms with van der Waals surface area (Å²) in [5.74, 6) is 1.36. The number of nitrogens with zero attached hydrogens (tertiary/aromatic N) is 3. The van der Waals surface area contributed by atoms with Gasteiger partial charge in [-0.2, -0.15) is 10.4 Å². The minimum absolute atomic E-state index is 0.253. The number of furan rings is 1. The molecule has 1 amide bonds. The van der Waals surface area contributed by atoms with Gasteiger partial charge in [0.25, 0.3) is 5.91 Å². The van der Waals surface area contributed by atoms with Gasteiger partial charge in [-0.25, -0.2) is 0 Å². The number of carbonyl (C=O) groups is 1. The van der Waals surface area contributed by atoms with Crippen molar-refractivity contribution in [3.8, 4) is 6.07 Å². The van der Waals surface area contributed by atoms with Crippen molar-refractivity contribution in [1.82, 2.24) is 15.1 Å². The van der Waals surface area contributed by atoms with Crippen LogP contribution in [0.3, 0.4) is 0 Å². The Balaban J connectivity index is 1.81. The molecule has 2 aromatic heterocycles. The number of amides is 1. The van der Waals surface area contributed by atoms with Crippen molar-refractivity contribution in [1.29, 1.82) is 5.26 Å². The summed E-state index contributed by atoms with van der Waals surface area (Å²) < 4.78 is 7.31. The normalized spacial score (nSPS) is 10.9. The number of carbonyl (C=O) groups excluding carboxylic acids is 1. The van der Waals surface area contributed by atoms with Gasteiger partial charge < -0.3 is 9.73 Å². The molecule has 0 aliphatic rings. The molecule has 140 valence electrons. The lowest BCUT2D eigenvalue weighted by Gasteiger charge is -2.03. The molecule has 1 N–H and O–H groups in total. The van der Waals surface area contributed by atoms with Crippen LogP contribution in [0.15, 0.2) is 28.7 Å². The van der Waals surface area contributed by atoms with Gasteiger partial charge in [0.15, 0.2) is 5.69 Å². The van der Waals surface area contributed by atoms with Crippen molar-refractivity contribution in [2.45, 2.75) is 46.2 Å². The summed E-state index contributed by atoms with van der Waals surface area (Å²) >= 11 is 6.13. The minimum Gasteiger partial charge on any atom is -0.466 e. The van der Waals surface area contributed by atoms with Gasteiger partial charge in [-0.05, 0) is 51.0 Å². The lowest BCUT2D eigenvalue weighted by Crippen LogP contribution is -2.23. The van der Waals surface area contributed by atoms with Gasteiger partial charge in [0, 0.05) is 35.5 Å². The molecular formula is C20H21ClN4O2. The second-order valence-corrected chi connectivity index (χ2v) is 6.91. The first-order chi connectivity index (χ1) is 13.0. The Morgan fingerprint density at radius 1 is 1.33 bits per heavy atom. The minimum atomic E-state index is -0.253. The van der Waals surface area contributed by atoms with Gasteiger partial charge in [0.2, 0.25) is 0 Å². The predicted molar refractivity (Wildman–Crippen MR) is 104 cm³/mol. The number of nitrogens with one attached hydrogen (secondary N) is 1. The monoisotopic (exact) mass is 384 g/mol. The molecular weight excluding hydrogens is 364 g/mol. The van der Waals surface area contributed by atoms with Crippen LogP contribution < -0.4 is 5.32 Å². The van der Waals surface area contributed by atoms with E-state index in [0.29, 0.717) is 30.2 Å². The molecule has 0 radical (unpaired) electrons. The summed E-state index contributed by atoms with van der Waals surface area (Å²) in [6.45, 7) is 4.77. The maximum absolute atomic E-state index is 12.7. The van der Waals surface area contributed by atoms with E-state index in [2.05, 4.69) is 16.5 Å². The molecule has 0 atom stereocenters. The number of unbranched alkanes of at least 4 members (excludes halogenated alkanes) is 2. The number of aryl methyl sites for hydroxylation is 3. The van der Waals surface area contributed by atoms with E-state index in [1.165, 1.54) is 0 Å². The molecule has 1 aromatic carbocycles. The van der Waals surface area contributed by atoms with Gasteiger partial charge in [0.05, 0.1) is 11.6 Å². The Kier molecular flexibility index (Phi) is 5.82. The third-order valence-corrected chi connectivity index (χ3v) is 4.65. The van der Waals surface area contributed by atoms with Crippen LogP contribution >= 0.6 is 11.6 Å². The molecule has 27 heavy (non-hydrogen) atoms. The molecule has 2 heterocycles. The van der Waals surface area contributed by atoms with Crippen LogP contribution in [0.5, 0.6) is 0 Å². The molecule has 3 aromatic rings. The molecule has 0 bridgehead atoms. The number of aromatic nitrogens is 2. The SMILES string of the molecule is Cc1cc(CNC(=O)c2nn(CCCCC#N)c3ccc(Cl)cc23)c(C)o1. The van der Waals surface area contributed by atoms with E-state index in [-0.39, 0.29) is 5.91 Å². The number of hydrogen-bond acceptors (Lipinski definition) is 4. The number of rotatable bonds is 7. The predicted octanol–water partition coefficient (Wildman–Crippen LogP) is 4.52. The van der Waals surface area contributed by atoms with Crippen molar-refractivity contribution in [3.63, 3.8) is 0 Å². The van der Waals surface area contributed by atoms with Gasteiger partial charge in [-0.3, -0.25) is 9.48 Å². The Morgan fingerprint density at radius 2 is 2.15 bits per heavy atom. The summed E-state index contributed by atoms with van der Waals surface area (Å²) in [5.41, 5.74) is 2.15. The number of nitriles is 1. The van der Waals surface area contributed by atoms with Crippen molar-refractivity contribution in [2.75, 3.05) is 0 Å². The fraction of sp³-hybridized carbons (Fsp3) is 0.350. The standard InChI is InChI=1S/C20H21ClN4O2/c1-13-10-15(14(2)27-13)12-23-20(26)19-17-11-16(21)6-7-18(17)25(24-19)9-5-3-4-8-22/h6-7,10-11H,3-5,9,12H2,1-2H3,(H,23,26). The Labute approximate surface area is 162 Å². The van der Waals surface area contributed by atoms with E-state index < -0.39 is 0 Å². The van der Waals surface area contributed by atoms with E-state index in [4.69, 9.17) is 21.3 Å². The largest absolute Gasteiger partial charge is 0.466 e. The lowest BCUT2D eigenvalue weighted by atomic mass is 10.2. The van der Waals surface area contributed by atoms with Gasteiger partial charge in [-0.1, -0.05) is 11.6 Å². The van der Waals surface area contributed by atoms with Crippen LogP contribution in [0.25, 0.3) is 10.9 Å². The zero-order valence-corrected chi connectivity index (χ0v) is 16.1. The zero-order valence-electron chi connectivity index (χ0n) is 15.4.